The van der Waals surface area contributed by atoms with Crippen LogP contribution in [0.3, 0.4) is 0 Å². The molecule has 0 aromatic heterocycles. The summed E-state index contributed by atoms with van der Waals surface area (Å²) in [6.07, 6.45) is 3.75. The maximum absolute atomic E-state index is 12.7. The van der Waals surface area contributed by atoms with E-state index in [-0.39, 0.29) is 11.7 Å². The van der Waals surface area contributed by atoms with Crippen molar-refractivity contribution in [1.29, 1.82) is 0 Å². The van der Waals surface area contributed by atoms with E-state index in [1.54, 1.807) is 0 Å². The summed E-state index contributed by atoms with van der Waals surface area (Å²) in [6, 6.07) is 9.37. The van der Waals surface area contributed by atoms with Gasteiger partial charge in [-0.3, -0.25) is 9.69 Å². The molecule has 0 saturated heterocycles. The molecule has 0 radical (unpaired) electrons. The first-order chi connectivity index (χ1) is 10.5. The highest BCUT2D eigenvalue weighted by atomic mass is 16.3. The highest BCUT2D eigenvalue weighted by Gasteiger charge is 2.46. The summed E-state index contributed by atoms with van der Waals surface area (Å²) in [5, 5.41) is 11.1. The zero-order valence-corrected chi connectivity index (χ0v) is 13.5. The van der Waals surface area contributed by atoms with E-state index in [2.05, 4.69) is 11.8 Å². The topological polar surface area (TPSA) is 40.5 Å². The summed E-state index contributed by atoms with van der Waals surface area (Å²) >= 11 is 0. The van der Waals surface area contributed by atoms with Crippen molar-refractivity contribution in [3.05, 3.63) is 35.9 Å². The number of carbonyl (C=O) groups is 1. The Morgan fingerprint density at radius 3 is 2.50 bits per heavy atom. The maximum atomic E-state index is 12.7. The Balaban J connectivity index is 2.05. The van der Waals surface area contributed by atoms with Crippen molar-refractivity contribution < 1.29 is 9.90 Å². The third-order valence-electron chi connectivity index (χ3n) is 4.33. The van der Waals surface area contributed by atoms with E-state index in [0.717, 1.165) is 24.8 Å². The molecule has 1 N–H and O–H groups in total. The van der Waals surface area contributed by atoms with Crippen LogP contribution in [0.4, 0.5) is 0 Å². The van der Waals surface area contributed by atoms with Gasteiger partial charge in [-0.1, -0.05) is 42.7 Å². The minimum absolute atomic E-state index is 0.0529. The Bertz CT molecular complexity index is 552. The number of aliphatic hydroxyl groups is 1. The van der Waals surface area contributed by atoms with Gasteiger partial charge in [0.2, 0.25) is 0 Å². The first-order valence-corrected chi connectivity index (χ1v) is 7.96. The molecule has 2 rings (SSSR count). The first-order valence-electron chi connectivity index (χ1n) is 7.96. The van der Waals surface area contributed by atoms with E-state index in [4.69, 9.17) is 0 Å². The van der Waals surface area contributed by atoms with Gasteiger partial charge in [-0.25, -0.2) is 0 Å². The molecule has 3 heteroatoms. The molecule has 0 spiro atoms. The number of nitrogens with zero attached hydrogens (tertiary/aromatic N) is 1. The number of benzene rings is 1. The fraction of sp³-hybridized carbons (Fsp3) is 0.526. The zero-order chi connectivity index (χ0) is 16.0. The Morgan fingerprint density at radius 1 is 1.27 bits per heavy atom. The Morgan fingerprint density at radius 2 is 1.95 bits per heavy atom. The van der Waals surface area contributed by atoms with Crippen molar-refractivity contribution in [2.24, 2.45) is 5.92 Å². The molecule has 1 aromatic rings. The van der Waals surface area contributed by atoms with Gasteiger partial charge in [-0.05, 0) is 38.4 Å². The van der Waals surface area contributed by atoms with Crippen LogP contribution in [0.5, 0.6) is 0 Å². The predicted octanol–water partition coefficient (Wildman–Crippen LogP) is 2.59. The summed E-state index contributed by atoms with van der Waals surface area (Å²) in [4.78, 5) is 14.7. The molecule has 1 aliphatic carbocycles. The van der Waals surface area contributed by atoms with Crippen LogP contribution in [0, 0.1) is 17.8 Å². The number of Topliss-reactive ketones (excluding diaryl/α,β-unsaturated/α-hetero) is 1. The van der Waals surface area contributed by atoms with Gasteiger partial charge >= 0.3 is 0 Å². The van der Waals surface area contributed by atoms with Gasteiger partial charge in [0.15, 0.2) is 11.4 Å². The van der Waals surface area contributed by atoms with Crippen LogP contribution >= 0.6 is 0 Å². The largest absolute Gasteiger partial charge is 0.377 e. The molecule has 0 unspecified atom stereocenters. The Hall–Kier alpha value is -1.63. The molecule has 0 bridgehead atoms. The zero-order valence-electron chi connectivity index (χ0n) is 13.5. The van der Waals surface area contributed by atoms with E-state index in [1.165, 1.54) is 0 Å². The lowest BCUT2D eigenvalue weighted by atomic mass is 9.67. The molecule has 1 aromatic carbocycles. The van der Waals surface area contributed by atoms with E-state index < -0.39 is 5.60 Å². The summed E-state index contributed by atoms with van der Waals surface area (Å²) in [5.41, 5.74) is -0.603. The molecule has 1 saturated carbocycles. The van der Waals surface area contributed by atoms with E-state index in [0.29, 0.717) is 19.4 Å². The minimum atomic E-state index is -1.33. The highest BCUT2D eigenvalue weighted by molar-refractivity contribution is 5.89. The molecule has 1 fully saturated rings. The van der Waals surface area contributed by atoms with Crippen molar-refractivity contribution in [3.8, 4) is 11.8 Å². The Kier molecular flexibility index (Phi) is 5.76. The fourth-order valence-electron chi connectivity index (χ4n) is 2.81. The van der Waals surface area contributed by atoms with Gasteiger partial charge in [0.25, 0.3) is 0 Å². The van der Waals surface area contributed by atoms with Gasteiger partial charge in [-0.15, -0.1) is 5.92 Å². The number of hydrogen-bond donors (Lipinski definition) is 1. The molecule has 1 atom stereocenters. The highest BCUT2D eigenvalue weighted by Crippen LogP contribution is 2.43. The van der Waals surface area contributed by atoms with Gasteiger partial charge in [0.1, 0.15) is 0 Å². The third-order valence-corrected chi connectivity index (χ3v) is 4.33. The van der Waals surface area contributed by atoms with Crippen LogP contribution in [0.15, 0.2) is 30.3 Å². The lowest BCUT2D eigenvalue weighted by Crippen LogP contribution is -2.46. The number of carbonyl (C=O) groups excluding carboxylic acids is 1. The molecule has 3 nitrogen and oxygen atoms in total. The number of rotatable bonds is 6. The van der Waals surface area contributed by atoms with Crippen LogP contribution in [-0.2, 0) is 10.4 Å². The maximum Gasteiger partial charge on any atom is 0.170 e. The number of ketones is 1. The van der Waals surface area contributed by atoms with E-state index in [9.17, 15) is 9.90 Å². The normalized spacial score (nSPS) is 17.3. The summed E-state index contributed by atoms with van der Waals surface area (Å²) in [6.45, 7) is 0.694. The molecule has 1 aliphatic rings. The quantitative estimate of drug-likeness (QED) is 0.821. The lowest BCUT2D eigenvalue weighted by molar-refractivity contribution is -0.149. The molecular weight excluding hydrogens is 274 g/mol. The van der Waals surface area contributed by atoms with Crippen molar-refractivity contribution >= 4 is 5.78 Å². The van der Waals surface area contributed by atoms with Crippen LogP contribution in [0.1, 0.15) is 37.7 Å². The van der Waals surface area contributed by atoms with Gasteiger partial charge in [0.05, 0.1) is 6.54 Å². The van der Waals surface area contributed by atoms with Crippen LogP contribution < -0.4 is 0 Å². The summed E-state index contributed by atoms with van der Waals surface area (Å²) in [7, 11) is 3.93. The van der Waals surface area contributed by atoms with E-state index in [1.807, 2.05) is 49.3 Å². The van der Waals surface area contributed by atoms with Crippen molar-refractivity contribution in [2.75, 3.05) is 20.6 Å². The second-order valence-corrected chi connectivity index (χ2v) is 6.27. The van der Waals surface area contributed by atoms with Crippen molar-refractivity contribution in [2.45, 2.75) is 37.7 Å². The summed E-state index contributed by atoms with van der Waals surface area (Å²) in [5.74, 6) is 6.01. The molecule has 118 valence electrons. The monoisotopic (exact) mass is 299 g/mol. The van der Waals surface area contributed by atoms with Gasteiger partial charge in [0, 0.05) is 12.8 Å². The number of hydrogen-bond acceptors (Lipinski definition) is 3. The van der Waals surface area contributed by atoms with Gasteiger partial charge in [-0.2, -0.15) is 0 Å². The molecule has 22 heavy (non-hydrogen) atoms. The minimum Gasteiger partial charge on any atom is -0.377 e. The van der Waals surface area contributed by atoms with Crippen LogP contribution in [0.25, 0.3) is 0 Å². The summed E-state index contributed by atoms with van der Waals surface area (Å²) < 4.78 is 0. The first kappa shape index (κ1) is 16.7. The van der Waals surface area contributed by atoms with Crippen molar-refractivity contribution in [3.63, 3.8) is 0 Å². The molecular formula is C19H25NO2. The van der Waals surface area contributed by atoms with Crippen LogP contribution in [0.2, 0.25) is 0 Å². The second kappa shape index (κ2) is 7.58. The smallest absolute Gasteiger partial charge is 0.170 e. The molecule has 0 amide bonds. The van der Waals surface area contributed by atoms with Crippen molar-refractivity contribution in [1.82, 2.24) is 4.90 Å². The SMILES string of the molecule is CN(C)CC#CCCC(=O)[C@@](O)(c1ccccc1)C1CCC1. The van der Waals surface area contributed by atoms with Crippen LogP contribution in [-0.4, -0.2) is 36.4 Å². The lowest BCUT2D eigenvalue weighted by Gasteiger charge is -2.40. The standard InChI is InChI=1S/C19H25NO2/c1-20(2)15-8-4-7-14-18(21)19(22,17-12-9-13-17)16-10-5-3-6-11-16/h3,5-6,10-11,17,22H,7,9,12-15H2,1-2H3/t19-/m1/s1. The Labute approximate surface area is 133 Å². The third kappa shape index (κ3) is 3.76. The van der Waals surface area contributed by atoms with Gasteiger partial charge < -0.3 is 5.11 Å². The average Bonchev–Trinajstić information content (AvgIpc) is 2.45. The average molecular weight is 299 g/mol. The second-order valence-electron chi connectivity index (χ2n) is 6.27. The van der Waals surface area contributed by atoms with E-state index >= 15 is 0 Å². The predicted molar refractivity (Wildman–Crippen MR) is 88.3 cm³/mol. The molecule has 0 aliphatic heterocycles. The molecule has 0 heterocycles. The fourth-order valence-corrected chi connectivity index (χ4v) is 2.81.